The lowest BCUT2D eigenvalue weighted by molar-refractivity contribution is 0.0954. The van der Waals surface area contributed by atoms with Gasteiger partial charge in [0.1, 0.15) is 0 Å². The number of benzene rings is 1. The molecular formula is C14H16Cl2N2O. The lowest BCUT2D eigenvalue weighted by Gasteiger charge is -2.09. The van der Waals surface area contributed by atoms with Crippen LogP contribution in [0.4, 0.5) is 5.69 Å². The first-order valence-electron chi connectivity index (χ1n) is 6.28. The number of halogens is 2. The number of nitrogens with two attached hydrogens (primary N) is 1. The van der Waals surface area contributed by atoms with Gasteiger partial charge in [0.2, 0.25) is 0 Å². The van der Waals surface area contributed by atoms with Crippen molar-refractivity contribution < 1.29 is 4.79 Å². The van der Waals surface area contributed by atoms with Crippen LogP contribution in [0.15, 0.2) is 23.8 Å². The largest absolute Gasteiger partial charge is 0.399 e. The van der Waals surface area contributed by atoms with E-state index in [1.54, 1.807) is 6.07 Å². The zero-order valence-corrected chi connectivity index (χ0v) is 12.0. The second-order valence-corrected chi connectivity index (χ2v) is 5.41. The second-order valence-electron chi connectivity index (χ2n) is 4.62. The van der Waals surface area contributed by atoms with E-state index in [2.05, 4.69) is 11.4 Å². The fourth-order valence-electron chi connectivity index (χ4n) is 2.17. The summed E-state index contributed by atoms with van der Waals surface area (Å²) in [5.41, 5.74) is 7.83. The van der Waals surface area contributed by atoms with Gasteiger partial charge < -0.3 is 11.1 Å². The van der Waals surface area contributed by atoms with Gasteiger partial charge in [0.05, 0.1) is 15.6 Å². The summed E-state index contributed by atoms with van der Waals surface area (Å²) in [5, 5.41) is 3.38. The summed E-state index contributed by atoms with van der Waals surface area (Å²) < 4.78 is 0. The third-order valence-electron chi connectivity index (χ3n) is 3.16. The smallest absolute Gasteiger partial charge is 0.252 e. The lowest BCUT2D eigenvalue weighted by Crippen LogP contribution is -2.25. The molecule has 3 N–H and O–H groups in total. The summed E-state index contributed by atoms with van der Waals surface area (Å²) in [6, 6.07) is 3.07. The number of rotatable bonds is 4. The molecular weight excluding hydrogens is 283 g/mol. The molecule has 0 aliphatic heterocycles. The molecule has 0 saturated carbocycles. The van der Waals surface area contributed by atoms with E-state index in [0.717, 1.165) is 19.3 Å². The minimum Gasteiger partial charge on any atom is -0.399 e. The van der Waals surface area contributed by atoms with Crippen molar-refractivity contribution in [3.05, 3.63) is 39.4 Å². The van der Waals surface area contributed by atoms with Crippen molar-refractivity contribution in [1.82, 2.24) is 5.32 Å². The predicted octanol–water partition coefficient (Wildman–Crippen LogP) is 3.81. The Balaban J connectivity index is 1.96. The van der Waals surface area contributed by atoms with E-state index in [9.17, 15) is 4.79 Å². The summed E-state index contributed by atoms with van der Waals surface area (Å²) in [7, 11) is 0. The number of hydrogen-bond donors (Lipinski definition) is 2. The first kappa shape index (κ1) is 14.2. The van der Waals surface area contributed by atoms with Crippen LogP contribution in [-0.4, -0.2) is 12.5 Å². The normalized spacial score (nSPS) is 14.3. The van der Waals surface area contributed by atoms with Crippen LogP contribution in [-0.2, 0) is 0 Å². The summed E-state index contributed by atoms with van der Waals surface area (Å²) in [6.45, 7) is 0.605. The molecule has 2 rings (SSSR count). The van der Waals surface area contributed by atoms with Crippen LogP contribution >= 0.6 is 23.2 Å². The van der Waals surface area contributed by atoms with Crippen LogP contribution in [0.3, 0.4) is 0 Å². The van der Waals surface area contributed by atoms with E-state index in [-0.39, 0.29) is 10.9 Å². The van der Waals surface area contributed by atoms with E-state index in [4.69, 9.17) is 28.9 Å². The van der Waals surface area contributed by atoms with Crippen LogP contribution < -0.4 is 11.1 Å². The number of allylic oxidation sites excluding steroid dienone is 1. The Kier molecular flexibility index (Phi) is 4.72. The van der Waals surface area contributed by atoms with Crippen molar-refractivity contribution in [1.29, 1.82) is 0 Å². The number of carbonyl (C=O) groups excluding carboxylic acids is 1. The Morgan fingerprint density at radius 1 is 1.37 bits per heavy atom. The number of amides is 1. The standard InChI is InChI=1S/C14H16Cl2N2O/c15-12-8-10(17)7-11(13(12)16)14(19)18-6-5-9-3-1-2-4-9/h3,7-8H,1-2,4-6,17H2,(H,18,19). The van der Waals surface area contributed by atoms with Crippen LogP contribution in [0.5, 0.6) is 0 Å². The SMILES string of the molecule is Nc1cc(Cl)c(Cl)c(C(=O)NCCC2=CCCC2)c1. The number of carbonyl (C=O) groups is 1. The highest BCUT2D eigenvalue weighted by atomic mass is 35.5. The Morgan fingerprint density at radius 2 is 2.16 bits per heavy atom. The quantitative estimate of drug-likeness (QED) is 0.656. The maximum Gasteiger partial charge on any atom is 0.252 e. The van der Waals surface area contributed by atoms with Gasteiger partial charge in [0.15, 0.2) is 0 Å². The Bertz CT molecular complexity index is 526. The fourth-order valence-corrected chi connectivity index (χ4v) is 2.59. The van der Waals surface area contributed by atoms with E-state index in [1.165, 1.54) is 18.1 Å². The Morgan fingerprint density at radius 3 is 2.84 bits per heavy atom. The van der Waals surface area contributed by atoms with E-state index >= 15 is 0 Å². The highest BCUT2D eigenvalue weighted by molar-refractivity contribution is 6.44. The molecule has 0 unspecified atom stereocenters. The Labute approximate surface area is 122 Å². The van der Waals surface area contributed by atoms with Gasteiger partial charge in [0.25, 0.3) is 5.91 Å². The third-order valence-corrected chi connectivity index (χ3v) is 3.96. The molecule has 102 valence electrons. The average molecular weight is 299 g/mol. The summed E-state index contributed by atoms with van der Waals surface area (Å²) in [5.74, 6) is -0.238. The minimum absolute atomic E-state index is 0.238. The molecule has 19 heavy (non-hydrogen) atoms. The molecule has 1 aromatic rings. The van der Waals surface area contributed by atoms with Crippen molar-refractivity contribution in [2.24, 2.45) is 0 Å². The molecule has 0 spiro atoms. The van der Waals surface area contributed by atoms with Gasteiger partial charge >= 0.3 is 0 Å². The first-order chi connectivity index (χ1) is 9.08. The molecule has 5 heteroatoms. The maximum absolute atomic E-state index is 12.0. The van der Waals surface area contributed by atoms with E-state index in [0.29, 0.717) is 22.8 Å². The predicted molar refractivity (Wildman–Crippen MR) is 79.8 cm³/mol. The summed E-state index contributed by atoms with van der Waals surface area (Å²) in [4.78, 5) is 12.0. The summed E-state index contributed by atoms with van der Waals surface area (Å²) in [6.07, 6.45) is 6.65. The van der Waals surface area contributed by atoms with E-state index < -0.39 is 0 Å². The van der Waals surface area contributed by atoms with Crippen molar-refractivity contribution in [3.63, 3.8) is 0 Å². The van der Waals surface area contributed by atoms with Gasteiger partial charge in [-0.05, 0) is 37.8 Å². The topological polar surface area (TPSA) is 55.1 Å². The minimum atomic E-state index is -0.238. The van der Waals surface area contributed by atoms with E-state index in [1.807, 2.05) is 0 Å². The second kappa shape index (κ2) is 6.31. The van der Waals surface area contributed by atoms with Gasteiger partial charge in [-0.25, -0.2) is 0 Å². The molecule has 1 aromatic carbocycles. The zero-order valence-electron chi connectivity index (χ0n) is 10.5. The van der Waals surface area contributed by atoms with Crippen molar-refractivity contribution in [3.8, 4) is 0 Å². The average Bonchev–Trinajstić information content (AvgIpc) is 2.86. The number of nitrogens with one attached hydrogen (secondary N) is 1. The zero-order chi connectivity index (χ0) is 13.8. The van der Waals surface area contributed by atoms with Gasteiger partial charge in [-0.2, -0.15) is 0 Å². The highest BCUT2D eigenvalue weighted by Gasteiger charge is 2.14. The molecule has 0 bridgehead atoms. The van der Waals surface area contributed by atoms with Gasteiger partial charge in [-0.3, -0.25) is 4.79 Å². The molecule has 1 aliphatic rings. The molecule has 1 amide bonds. The third kappa shape index (κ3) is 3.64. The summed E-state index contributed by atoms with van der Waals surface area (Å²) >= 11 is 11.9. The maximum atomic E-state index is 12.0. The first-order valence-corrected chi connectivity index (χ1v) is 7.04. The van der Waals surface area contributed by atoms with Crippen LogP contribution in [0, 0.1) is 0 Å². The highest BCUT2D eigenvalue weighted by Crippen LogP contribution is 2.28. The van der Waals surface area contributed by atoms with Crippen molar-refractivity contribution in [2.45, 2.75) is 25.7 Å². The fraction of sp³-hybridized carbons (Fsp3) is 0.357. The monoisotopic (exact) mass is 298 g/mol. The van der Waals surface area contributed by atoms with Gasteiger partial charge in [0, 0.05) is 12.2 Å². The van der Waals surface area contributed by atoms with Gasteiger partial charge in [-0.1, -0.05) is 34.9 Å². The number of hydrogen-bond acceptors (Lipinski definition) is 2. The molecule has 0 fully saturated rings. The molecule has 0 atom stereocenters. The number of nitrogen functional groups attached to an aromatic ring is 1. The van der Waals surface area contributed by atoms with Crippen molar-refractivity contribution in [2.75, 3.05) is 12.3 Å². The molecule has 0 heterocycles. The molecule has 3 nitrogen and oxygen atoms in total. The van der Waals surface area contributed by atoms with Crippen LogP contribution in [0.25, 0.3) is 0 Å². The molecule has 1 aliphatic carbocycles. The molecule has 0 radical (unpaired) electrons. The van der Waals surface area contributed by atoms with Crippen LogP contribution in [0.1, 0.15) is 36.0 Å². The molecule has 0 aromatic heterocycles. The lowest BCUT2D eigenvalue weighted by atomic mass is 10.1. The van der Waals surface area contributed by atoms with Gasteiger partial charge in [-0.15, -0.1) is 0 Å². The van der Waals surface area contributed by atoms with Crippen molar-refractivity contribution >= 4 is 34.8 Å². The number of anilines is 1. The molecule has 0 saturated heterocycles. The van der Waals surface area contributed by atoms with Crippen LogP contribution in [0.2, 0.25) is 10.0 Å². The Hall–Kier alpha value is -1.19.